The van der Waals surface area contributed by atoms with Crippen molar-refractivity contribution in [3.8, 4) is 18.2 Å². The fraction of sp³-hybridized carbons (Fsp3) is 0.720. The Hall–Kier alpha value is -5.38. The fourth-order valence-corrected chi connectivity index (χ4v) is 15.9. The van der Waals surface area contributed by atoms with Crippen LogP contribution in [0.25, 0.3) is 0 Å². The van der Waals surface area contributed by atoms with Crippen LogP contribution in [0, 0.1) is 64.3 Å². The van der Waals surface area contributed by atoms with E-state index in [-0.39, 0.29) is 145 Å². The van der Waals surface area contributed by atoms with Gasteiger partial charge in [0.1, 0.15) is 24.4 Å². The highest BCUT2D eigenvalue weighted by atomic mass is 31.2. The Kier molecular flexibility index (Phi) is 46.0. The summed E-state index contributed by atoms with van der Waals surface area (Å²) in [7, 11) is -2.25. The van der Waals surface area contributed by atoms with Crippen molar-refractivity contribution in [2.45, 2.75) is 292 Å². The van der Waals surface area contributed by atoms with Gasteiger partial charge in [0.2, 0.25) is 0 Å². The molecule has 15 atom stereocenters. The summed E-state index contributed by atoms with van der Waals surface area (Å²) in [5.74, 6) is 0. The number of nitriles is 3. The second-order valence-electron chi connectivity index (χ2n) is 30.3. The number of aliphatic hydroxyl groups is 1. The van der Waals surface area contributed by atoms with Crippen LogP contribution in [0.5, 0.6) is 0 Å². The maximum absolute atomic E-state index is 13.7. The number of nitro groups is 3. The van der Waals surface area contributed by atoms with E-state index < -0.39 is 70.9 Å². The second kappa shape index (κ2) is 50.2. The summed E-state index contributed by atoms with van der Waals surface area (Å²) in [5.41, 5.74) is 2.75. The third-order valence-corrected chi connectivity index (χ3v) is 21.5. The van der Waals surface area contributed by atoms with Crippen LogP contribution in [-0.2, 0) is 88.8 Å². The molecule has 0 spiro atoms. The number of nitrogens with zero attached hydrogens (tertiary/aromatic N) is 7. The Bertz CT molecular complexity index is 3450. The molecule has 33 nitrogen and oxygen atoms in total. The molecule has 3 fully saturated rings. The summed E-state index contributed by atoms with van der Waals surface area (Å²) in [4.78, 5) is 33.4. The maximum Gasteiger partial charge on any atom is 0.475 e. The summed E-state index contributed by atoms with van der Waals surface area (Å²) in [5, 5.41) is 80.0. The molecule has 111 heavy (non-hydrogen) atoms. The molecule has 0 bridgehead atoms. The SMILES string of the molecule is CNCc1ccc([N+](=O)[O-])c(C(C)OP(=O)(OCCC#N)OC2C[C@H](C)O[C@@H]2COC(C)(C)C)c1.CNCc1ccc([N+](=O)[O-])c(C(C)OP(OCCC#N)N(C(C)C)C(C)C)c1.CNCc1ccc([N+](=O)[O-])c(C(C)OP(OCCC#N)OC2C[C@H](C)O[C@@H]2COC(C)(C)C)c1.C[C@H]1CC(O)[C@@H](COC(C)(C)C)O1.O. The van der Waals surface area contributed by atoms with E-state index in [4.69, 9.17) is 80.4 Å². The van der Waals surface area contributed by atoms with Gasteiger partial charge in [0.25, 0.3) is 25.6 Å². The van der Waals surface area contributed by atoms with Gasteiger partial charge >= 0.3 is 16.4 Å². The number of aliphatic hydroxyl groups excluding tert-OH is 1. The Balaban J connectivity index is 0.000000522. The zero-order valence-electron chi connectivity index (χ0n) is 68.9. The van der Waals surface area contributed by atoms with E-state index in [0.717, 1.165) is 23.1 Å². The minimum absolute atomic E-state index is 0. The van der Waals surface area contributed by atoms with Crippen LogP contribution in [0.3, 0.4) is 0 Å². The van der Waals surface area contributed by atoms with E-state index in [2.05, 4.69) is 26.7 Å². The van der Waals surface area contributed by atoms with Crippen molar-refractivity contribution >= 4 is 42.0 Å². The number of nitro benzene ring substituents is 3. The van der Waals surface area contributed by atoms with E-state index >= 15 is 0 Å². The van der Waals surface area contributed by atoms with E-state index in [0.29, 0.717) is 56.8 Å². The minimum Gasteiger partial charge on any atom is -0.412 e. The predicted octanol–water partition coefficient (Wildman–Crippen LogP) is 14.9. The van der Waals surface area contributed by atoms with Gasteiger partial charge in [-0.3, -0.25) is 43.9 Å². The summed E-state index contributed by atoms with van der Waals surface area (Å²) in [6, 6.07) is 21.0. The first-order valence-corrected chi connectivity index (χ1v) is 40.9. The summed E-state index contributed by atoms with van der Waals surface area (Å²) < 4.78 is 97.7. The lowest BCUT2D eigenvalue weighted by molar-refractivity contribution is -0.386. The van der Waals surface area contributed by atoms with Crippen LogP contribution in [-0.4, -0.2) is 175 Å². The highest BCUT2D eigenvalue weighted by Gasteiger charge is 2.44. The van der Waals surface area contributed by atoms with Gasteiger partial charge in [-0.1, -0.05) is 18.2 Å². The number of hydrogen-bond donors (Lipinski definition) is 4. The highest BCUT2D eigenvalue weighted by molar-refractivity contribution is 7.48. The molecule has 628 valence electrons. The number of rotatable bonds is 40. The van der Waals surface area contributed by atoms with Gasteiger partial charge in [-0.05, 0) is 188 Å². The molecule has 3 heterocycles. The topological polar surface area (TPSA) is 438 Å². The van der Waals surface area contributed by atoms with Gasteiger partial charge < -0.3 is 77.6 Å². The quantitative estimate of drug-likeness (QED) is 0.0178. The predicted molar refractivity (Wildman–Crippen MR) is 422 cm³/mol. The van der Waals surface area contributed by atoms with Gasteiger partial charge in [-0.2, -0.15) is 15.8 Å². The van der Waals surface area contributed by atoms with Crippen LogP contribution in [0.15, 0.2) is 54.6 Å². The number of phosphoric acid groups is 1. The summed E-state index contributed by atoms with van der Waals surface area (Å²) >= 11 is 0. The molecule has 3 aromatic carbocycles. The number of benzene rings is 3. The Morgan fingerprint density at radius 1 is 0.559 bits per heavy atom. The van der Waals surface area contributed by atoms with Crippen LogP contribution in [0.4, 0.5) is 17.1 Å². The average Bonchev–Trinajstić information content (AvgIpc) is 1.37. The molecule has 36 heteroatoms. The Morgan fingerprint density at radius 3 is 1.30 bits per heavy atom. The molecule has 0 aliphatic carbocycles. The molecule has 3 aliphatic heterocycles. The van der Waals surface area contributed by atoms with Crippen molar-refractivity contribution in [1.29, 1.82) is 15.8 Å². The molecule has 6 rings (SSSR count). The lowest BCUT2D eigenvalue weighted by atomic mass is 10.0. The Morgan fingerprint density at radius 2 is 0.919 bits per heavy atom. The smallest absolute Gasteiger partial charge is 0.412 e. The number of nitrogens with one attached hydrogen (secondary N) is 3. The lowest BCUT2D eigenvalue weighted by Crippen LogP contribution is -2.34. The summed E-state index contributed by atoms with van der Waals surface area (Å²) in [6.07, 6.45) is -2.35. The zero-order valence-corrected chi connectivity index (χ0v) is 71.6. The van der Waals surface area contributed by atoms with Crippen molar-refractivity contribution in [2.75, 3.05) is 60.8 Å². The maximum atomic E-state index is 13.7. The minimum atomic E-state index is -4.25. The van der Waals surface area contributed by atoms with Crippen molar-refractivity contribution < 1.29 is 94.5 Å². The third kappa shape index (κ3) is 37.8. The van der Waals surface area contributed by atoms with Crippen molar-refractivity contribution in [1.82, 2.24) is 20.6 Å². The van der Waals surface area contributed by atoms with Gasteiger partial charge in [-0.25, -0.2) is 9.24 Å². The van der Waals surface area contributed by atoms with Gasteiger partial charge in [0.15, 0.2) is 0 Å². The number of phosphoric ester groups is 1. The normalized spacial score (nSPS) is 21.7. The molecule has 9 unspecified atom stereocenters. The first kappa shape index (κ1) is 102. The van der Waals surface area contributed by atoms with Gasteiger partial charge in [0, 0.05) is 69.2 Å². The molecule has 3 saturated heterocycles. The van der Waals surface area contributed by atoms with Crippen LogP contribution < -0.4 is 16.0 Å². The van der Waals surface area contributed by atoms with E-state index in [1.807, 2.05) is 137 Å². The molecular formula is C75H125N10O23P3. The number of hydrogen-bond acceptors (Lipinski definition) is 29. The lowest BCUT2D eigenvalue weighted by Gasteiger charge is -2.36. The first-order chi connectivity index (χ1) is 51.5. The molecule has 0 saturated carbocycles. The standard InChI is InChI=1S/C23H36N3O8P.C23H36N3O7P.C19H31N4O4P.C10H20O3.H2O/c1-16-12-21(22(32-16)15-30-23(3,4)5)34-35(29,31-11-7-10-24)33-17(2)19-13-18(14-25-6)8-9-20(19)26(27)28;1-16-12-21(22(31-16)15-29-23(3,4)5)33-34(30-11-7-10-24)32-17(2)19-13-18(14-25-6)8-9-20(19)26(27)28;1-14(2)22(15(3)4)28(26-11-7-10-20)27-16(5)18-12-17(13-21-6)8-9-19(18)23(24)25;1-7-5-8(11)9(13-7)6-12-10(2,3)4;/h8-9,13,16-17,21-22,25H,7,11-12,14-15H2,1-6H3;8-9,13,16-17,21-22,25H,7,11-12,14-15H2,1-6H3;8-9,12,14-16,21H,7,11,13H2,1-6H3;7-9,11H,5-6H2,1-4H3;1H2/t16-,17?,21?,22+,35?;16-,17?,21?,22+,34?;;7-,8?,9+;/m00.0./s1. The van der Waals surface area contributed by atoms with Crippen molar-refractivity contribution in [3.63, 3.8) is 0 Å². The summed E-state index contributed by atoms with van der Waals surface area (Å²) in [6.45, 7) is 39.6. The monoisotopic (exact) mass is 1630 g/mol. The number of ether oxygens (including phenoxy) is 6. The second-order valence-corrected chi connectivity index (χ2v) is 34.4. The van der Waals surface area contributed by atoms with Crippen LogP contribution in [0.2, 0.25) is 0 Å². The fourth-order valence-electron chi connectivity index (χ4n) is 11.4. The van der Waals surface area contributed by atoms with Gasteiger partial charge in [-0.15, -0.1) is 0 Å². The van der Waals surface area contributed by atoms with Crippen molar-refractivity contribution in [3.05, 3.63) is 118 Å². The molecular weight excluding hydrogens is 1500 g/mol. The molecule has 0 radical (unpaired) electrons. The van der Waals surface area contributed by atoms with Crippen LogP contribution in [0.1, 0.15) is 222 Å². The average molecular weight is 1630 g/mol. The molecule has 0 aromatic heterocycles. The zero-order chi connectivity index (χ0) is 82.9. The van der Waals surface area contributed by atoms with E-state index in [1.165, 1.54) is 18.2 Å². The molecule has 3 aromatic rings. The molecule has 6 N–H and O–H groups in total. The van der Waals surface area contributed by atoms with E-state index in [1.54, 1.807) is 64.2 Å². The molecule has 0 amide bonds. The Labute approximate surface area is 659 Å². The van der Waals surface area contributed by atoms with Gasteiger partial charge in [0.05, 0.1) is 174 Å². The third-order valence-electron chi connectivity index (χ3n) is 16.3. The highest BCUT2D eigenvalue weighted by Crippen LogP contribution is 2.57. The molecule has 3 aliphatic rings. The first-order valence-electron chi connectivity index (χ1n) is 37.2. The largest absolute Gasteiger partial charge is 0.475 e. The van der Waals surface area contributed by atoms with Crippen molar-refractivity contribution in [2.24, 2.45) is 0 Å². The van der Waals surface area contributed by atoms with E-state index in [9.17, 15) is 40.0 Å². The van der Waals surface area contributed by atoms with Crippen LogP contribution >= 0.6 is 25.0 Å².